The number of aryl methyl sites for hydroxylation is 2. The van der Waals surface area contributed by atoms with Gasteiger partial charge in [0, 0.05) is 29.8 Å². The number of benzene rings is 2. The van der Waals surface area contributed by atoms with Crippen LogP contribution in [-0.4, -0.2) is 34.3 Å². The SMILES string of the molecule is COc1ccc(C)cc1NC(=O)Cn1c(-c2ccc(C(F)(F)F)cc2)nc(C)c(CCO)c1=O. The van der Waals surface area contributed by atoms with E-state index in [0.29, 0.717) is 17.1 Å². The standard InChI is InChI=1S/C24H24F3N3O4/c1-14-4-9-20(34-3)19(12-14)29-21(32)13-30-22(28-15(2)18(10-11-31)23(30)33)16-5-7-17(8-6-16)24(25,26)27/h4-9,12,31H,10-11,13H2,1-3H3,(H,29,32). The number of methoxy groups -OCH3 is 1. The Morgan fingerprint density at radius 2 is 1.82 bits per heavy atom. The fourth-order valence-electron chi connectivity index (χ4n) is 3.53. The zero-order valence-corrected chi connectivity index (χ0v) is 18.9. The maximum atomic E-state index is 13.2. The van der Waals surface area contributed by atoms with Gasteiger partial charge in [-0.3, -0.25) is 14.2 Å². The number of hydrogen-bond acceptors (Lipinski definition) is 5. The predicted octanol–water partition coefficient (Wildman–Crippen LogP) is 3.73. The summed E-state index contributed by atoms with van der Waals surface area (Å²) in [6, 6.07) is 9.40. The lowest BCUT2D eigenvalue weighted by Gasteiger charge is -2.17. The molecule has 3 aromatic rings. The summed E-state index contributed by atoms with van der Waals surface area (Å²) < 4.78 is 45.3. The van der Waals surface area contributed by atoms with Gasteiger partial charge in [-0.2, -0.15) is 13.2 Å². The van der Waals surface area contributed by atoms with E-state index in [1.807, 2.05) is 13.0 Å². The molecule has 0 atom stereocenters. The third-order valence-electron chi connectivity index (χ3n) is 5.23. The van der Waals surface area contributed by atoms with Gasteiger partial charge in [0.05, 0.1) is 18.4 Å². The van der Waals surface area contributed by atoms with E-state index in [9.17, 15) is 27.9 Å². The highest BCUT2D eigenvalue weighted by molar-refractivity contribution is 5.92. The number of amides is 1. The Balaban J connectivity index is 2.04. The number of aliphatic hydroxyl groups is 1. The zero-order valence-electron chi connectivity index (χ0n) is 18.9. The number of aliphatic hydroxyl groups excluding tert-OH is 1. The van der Waals surface area contributed by atoms with Gasteiger partial charge >= 0.3 is 6.18 Å². The fraction of sp³-hybridized carbons (Fsp3) is 0.292. The number of ether oxygens (including phenoxy) is 1. The number of halogens is 3. The van der Waals surface area contributed by atoms with Crippen molar-refractivity contribution in [2.24, 2.45) is 0 Å². The van der Waals surface area contributed by atoms with E-state index in [-0.39, 0.29) is 30.0 Å². The third-order valence-corrected chi connectivity index (χ3v) is 5.23. The molecule has 0 fully saturated rings. The van der Waals surface area contributed by atoms with Crippen LogP contribution in [0.1, 0.15) is 22.4 Å². The summed E-state index contributed by atoms with van der Waals surface area (Å²) in [7, 11) is 1.46. The quantitative estimate of drug-likeness (QED) is 0.543. The van der Waals surface area contributed by atoms with Gasteiger partial charge in [-0.05, 0) is 43.7 Å². The van der Waals surface area contributed by atoms with Gasteiger partial charge in [-0.25, -0.2) is 4.98 Å². The summed E-state index contributed by atoms with van der Waals surface area (Å²) in [6.45, 7) is 2.66. The highest BCUT2D eigenvalue weighted by Gasteiger charge is 2.30. The molecule has 1 aromatic heterocycles. The first-order chi connectivity index (χ1) is 16.0. The summed E-state index contributed by atoms with van der Waals surface area (Å²) >= 11 is 0. The van der Waals surface area contributed by atoms with Gasteiger partial charge < -0.3 is 15.2 Å². The molecule has 180 valence electrons. The monoisotopic (exact) mass is 475 g/mol. The minimum Gasteiger partial charge on any atom is -0.495 e. The van der Waals surface area contributed by atoms with Crippen molar-refractivity contribution in [3.05, 3.63) is 75.2 Å². The van der Waals surface area contributed by atoms with E-state index >= 15 is 0 Å². The highest BCUT2D eigenvalue weighted by Crippen LogP contribution is 2.31. The number of hydrogen-bond donors (Lipinski definition) is 2. The molecular formula is C24H24F3N3O4. The molecule has 0 radical (unpaired) electrons. The summed E-state index contributed by atoms with van der Waals surface area (Å²) in [5.41, 5.74) is 0.675. The number of nitrogens with zero attached hydrogens (tertiary/aromatic N) is 2. The Bertz CT molecular complexity index is 1250. The van der Waals surface area contributed by atoms with Crippen LogP contribution >= 0.6 is 0 Å². The Hall–Kier alpha value is -3.66. The van der Waals surface area contributed by atoms with E-state index in [1.165, 1.54) is 19.2 Å². The predicted molar refractivity (Wildman–Crippen MR) is 121 cm³/mol. The number of alkyl halides is 3. The van der Waals surface area contributed by atoms with Crippen LogP contribution in [0.25, 0.3) is 11.4 Å². The van der Waals surface area contributed by atoms with Gasteiger partial charge in [-0.15, -0.1) is 0 Å². The normalized spacial score (nSPS) is 11.4. The average Bonchev–Trinajstić information content (AvgIpc) is 2.78. The molecule has 2 N–H and O–H groups in total. The second kappa shape index (κ2) is 10.1. The van der Waals surface area contributed by atoms with E-state index < -0.39 is 29.8 Å². The van der Waals surface area contributed by atoms with Crippen LogP contribution in [0.4, 0.5) is 18.9 Å². The molecule has 0 unspecified atom stereocenters. The van der Waals surface area contributed by atoms with Gasteiger partial charge in [-0.1, -0.05) is 18.2 Å². The van der Waals surface area contributed by atoms with E-state index in [1.54, 1.807) is 19.1 Å². The molecule has 0 spiro atoms. The van der Waals surface area contributed by atoms with Crippen LogP contribution in [-0.2, 0) is 23.9 Å². The Labute approximate surface area is 193 Å². The van der Waals surface area contributed by atoms with Crippen LogP contribution in [0.5, 0.6) is 5.75 Å². The molecule has 34 heavy (non-hydrogen) atoms. The number of aromatic nitrogens is 2. The number of carbonyl (C=O) groups excluding carboxylic acids is 1. The van der Waals surface area contributed by atoms with E-state index in [0.717, 1.165) is 22.3 Å². The molecule has 3 rings (SSSR count). The third kappa shape index (κ3) is 5.45. The molecule has 0 aliphatic heterocycles. The molecule has 2 aromatic carbocycles. The summed E-state index contributed by atoms with van der Waals surface area (Å²) in [5.74, 6) is -0.0821. The molecule has 10 heteroatoms. The van der Waals surface area contributed by atoms with Crippen molar-refractivity contribution in [3.8, 4) is 17.1 Å². The molecule has 0 saturated carbocycles. The molecular weight excluding hydrogens is 451 g/mol. The molecule has 1 heterocycles. The van der Waals surface area contributed by atoms with Gasteiger partial charge in [0.25, 0.3) is 5.56 Å². The summed E-state index contributed by atoms with van der Waals surface area (Å²) in [6.07, 6.45) is -4.49. The number of nitrogens with one attached hydrogen (secondary N) is 1. The van der Waals surface area contributed by atoms with Crippen LogP contribution in [0.15, 0.2) is 47.3 Å². The topological polar surface area (TPSA) is 93.4 Å². The molecule has 1 amide bonds. The largest absolute Gasteiger partial charge is 0.495 e. The summed E-state index contributed by atoms with van der Waals surface area (Å²) in [4.78, 5) is 30.5. The maximum absolute atomic E-state index is 13.2. The van der Waals surface area contributed by atoms with Gasteiger partial charge in [0.2, 0.25) is 5.91 Å². The number of rotatable bonds is 7. The van der Waals surface area contributed by atoms with Crippen molar-refractivity contribution >= 4 is 11.6 Å². The van der Waals surface area contributed by atoms with Crippen LogP contribution in [0.2, 0.25) is 0 Å². The zero-order chi connectivity index (χ0) is 25.0. The first-order valence-electron chi connectivity index (χ1n) is 10.4. The van der Waals surface area contributed by atoms with Crippen molar-refractivity contribution < 1.29 is 27.8 Å². The Morgan fingerprint density at radius 3 is 2.41 bits per heavy atom. The average molecular weight is 475 g/mol. The van der Waals surface area contributed by atoms with Gasteiger partial charge in [0.1, 0.15) is 18.1 Å². The van der Waals surface area contributed by atoms with E-state index in [4.69, 9.17) is 4.74 Å². The molecule has 0 aliphatic carbocycles. The Kier molecular flexibility index (Phi) is 7.41. The first kappa shape index (κ1) is 25.0. The van der Waals surface area contributed by atoms with Crippen LogP contribution in [0.3, 0.4) is 0 Å². The van der Waals surface area contributed by atoms with Gasteiger partial charge in [0.15, 0.2) is 0 Å². The van der Waals surface area contributed by atoms with Crippen LogP contribution < -0.4 is 15.6 Å². The van der Waals surface area contributed by atoms with Crippen molar-refractivity contribution in [2.75, 3.05) is 19.0 Å². The fourth-order valence-corrected chi connectivity index (χ4v) is 3.53. The Morgan fingerprint density at radius 1 is 1.15 bits per heavy atom. The molecule has 7 nitrogen and oxygen atoms in total. The van der Waals surface area contributed by atoms with Crippen molar-refractivity contribution in [1.82, 2.24) is 9.55 Å². The lowest BCUT2D eigenvalue weighted by Crippen LogP contribution is -2.33. The van der Waals surface area contributed by atoms with Crippen molar-refractivity contribution in [2.45, 2.75) is 33.0 Å². The maximum Gasteiger partial charge on any atom is 0.416 e. The highest BCUT2D eigenvalue weighted by atomic mass is 19.4. The second-order valence-corrected chi connectivity index (χ2v) is 7.69. The second-order valence-electron chi connectivity index (χ2n) is 7.69. The smallest absolute Gasteiger partial charge is 0.416 e. The molecule has 0 saturated heterocycles. The molecule has 0 aliphatic rings. The van der Waals surface area contributed by atoms with Crippen LogP contribution in [0, 0.1) is 13.8 Å². The minimum atomic E-state index is -4.51. The van der Waals surface area contributed by atoms with Crippen molar-refractivity contribution in [3.63, 3.8) is 0 Å². The first-order valence-corrected chi connectivity index (χ1v) is 10.4. The lowest BCUT2D eigenvalue weighted by molar-refractivity contribution is -0.137. The number of anilines is 1. The summed E-state index contributed by atoms with van der Waals surface area (Å²) in [5, 5.41) is 12.0. The van der Waals surface area contributed by atoms with E-state index in [2.05, 4.69) is 10.3 Å². The van der Waals surface area contributed by atoms with Crippen molar-refractivity contribution in [1.29, 1.82) is 0 Å². The minimum absolute atomic E-state index is 0.0261. The molecule has 0 bridgehead atoms. The number of carbonyl (C=O) groups is 1. The lowest BCUT2D eigenvalue weighted by atomic mass is 10.1.